The van der Waals surface area contributed by atoms with E-state index in [0.29, 0.717) is 12.4 Å². The van der Waals surface area contributed by atoms with Crippen molar-refractivity contribution in [2.45, 2.75) is 6.54 Å². The molecular weight excluding hydrogens is 205 g/mol. The Labute approximate surface area is 93.6 Å². The summed E-state index contributed by atoms with van der Waals surface area (Å²) in [6.07, 6.45) is 1.23. The molecule has 0 aliphatic rings. The predicted molar refractivity (Wildman–Crippen MR) is 60.5 cm³/mol. The second-order valence-electron chi connectivity index (χ2n) is 3.54. The molecule has 0 aliphatic carbocycles. The first kappa shape index (κ1) is 10.5. The molecule has 16 heavy (non-hydrogen) atoms. The van der Waals surface area contributed by atoms with Crippen molar-refractivity contribution in [1.29, 1.82) is 0 Å². The Bertz CT molecular complexity index is 459. The number of anilines is 1. The summed E-state index contributed by atoms with van der Waals surface area (Å²) in [5, 5.41) is 0. The molecule has 1 aromatic heterocycles. The van der Waals surface area contributed by atoms with Crippen LogP contribution in [0.4, 0.5) is 10.2 Å². The number of hydrogen-bond donors (Lipinski definition) is 0. The molecule has 0 bridgehead atoms. The molecule has 1 heterocycles. The van der Waals surface area contributed by atoms with Crippen LogP contribution in [0.5, 0.6) is 0 Å². The summed E-state index contributed by atoms with van der Waals surface area (Å²) in [6, 6.07) is 11.3. The third-order valence-corrected chi connectivity index (χ3v) is 2.27. The summed E-state index contributed by atoms with van der Waals surface area (Å²) in [5.41, 5.74) is 1.16. The highest BCUT2D eigenvalue weighted by Gasteiger charge is 2.04. The van der Waals surface area contributed by atoms with Gasteiger partial charge in [-0.15, -0.1) is 0 Å². The summed E-state index contributed by atoms with van der Waals surface area (Å²) >= 11 is 0. The maximum absolute atomic E-state index is 12.9. The molecule has 0 radical (unpaired) electrons. The maximum atomic E-state index is 12.9. The maximum Gasteiger partial charge on any atom is 0.218 e. The van der Waals surface area contributed by atoms with Crippen LogP contribution in [0.15, 0.2) is 42.7 Å². The van der Waals surface area contributed by atoms with Crippen molar-refractivity contribution in [2.75, 3.05) is 11.9 Å². The molecular formula is C12H12FN3. The van der Waals surface area contributed by atoms with Crippen LogP contribution in [0.3, 0.4) is 0 Å². The third-order valence-electron chi connectivity index (χ3n) is 2.27. The lowest BCUT2D eigenvalue weighted by Crippen LogP contribution is -2.17. The fourth-order valence-electron chi connectivity index (χ4n) is 1.47. The molecule has 3 nitrogen and oxygen atoms in total. The minimum absolute atomic E-state index is 0.509. The molecule has 1 aromatic carbocycles. The minimum Gasteiger partial charge on any atom is -0.355 e. The van der Waals surface area contributed by atoms with Gasteiger partial charge in [0.25, 0.3) is 0 Å². The second kappa shape index (κ2) is 4.70. The van der Waals surface area contributed by atoms with Gasteiger partial charge in [0, 0.05) is 19.7 Å². The van der Waals surface area contributed by atoms with Gasteiger partial charge >= 0.3 is 0 Å². The zero-order valence-electron chi connectivity index (χ0n) is 8.97. The van der Waals surface area contributed by atoms with Crippen LogP contribution >= 0.6 is 0 Å². The zero-order valence-corrected chi connectivity index (χ0v) is 8.97. The van der Waals surface area contributed by atoms with Crippen LogP contribution < -0.4 is 4.90 Å². The highest BCUT2D eigenvalue weighted by molar-refractivity contribution is 5.37. The fourth-order valence-corrected chi connectivity index (χ4v) is 1.47. The van der Waals surface area contributed by atoms with Crippen LogP contribution in [-0.2, 0) is 6.54 Å². The molecule has 0 aliphatic heterocycles. The first-order valence-corrected chi connectivity index (χ1v) is 4.98. The van der Waals surface area contributed by atoms with Gasteiger partial charge < -0.3 is 4.90 Å². The highest BCUT2D eigenvalue weighted by Crippen LogP contribution is 2.11. The van der Waals surface area contributed by atoms with E-state index in [4.69, 9.17) is 0 Å². The van der Waals surface area contributed by atoms with Crippen molar-refractivity contribution in [3.63, 3.8) is 0 Å². The van der Waals surface area contributed by atoms with Gasteiger partial charge in [0.05, 0.1) is 0 Å². The molecule has 82 valence electrons. The van der Waals surface area contributed by atoms with Gasteiger partial charge in [-0.3, -0.25) is 0 Å². The number of rotatable bonds is 3. The van der Waals surface area contributed by atoms with Gasteiger partial charge in [-0.25, -0.2) is 9.97 Å². The van der Waals surface area contributed by atoms with Crippen molar-refractivity contribution >= 4 is 5.82 Å². The van der Waals surface area contributed by atoms with E-state index < -0.39 is 5.95 Å². The van der Waals surface area contributed by atoms with E-state index in [1.165, 1.54) is 12.4 Å². The fraction of sp³-hybridized carbons (Fsp3) is 0.167. The third kappa shape index (κ3) is 2.53. The first-order chi connectivity index (χ1) is 7.75. The lowest BCUT2D eigenvalue weighted by molar-refractivity contribution is 0.578. The van der Waals surface area contributed by atoms with Crippen LogP contribution in [0, 0.1) is 5.95 Å². The van der Waals surface area contributed by atoms with E-state index in [2.05, 4.69) is 9.97 Å². The first-order valence-electron chi connectivity index (χ1n) is 4.98. The molecule has 2 rings (SSSR count). The van der Waals surface area contributed by atoms with E-state index in [1.807, 2.05) is 42.3 Å². The monoisotopic (exact) mass is 217 g/mol. The number of benzene rings is 1. The Kier molecular flexibility index (Phi) is 3.10. The van der Waals surface area contributed by atoms with Crippen LogP contribution in [0.25, 0.3) is 0 Å². The molecule has 2 aromatic rings. The molecule has 0 spiro atoms. The molecule has 0 fully saturated rings. The SMILES string of the molecule is CN(Cc1ccccc1)c1cc(F)ncn1. The summed E-state index contributed by atoms with van der Waals surface area (Å²) in [7, 11) is 1.87. The van der Waals surface area contributed by atoms with E-state index in [1.54, 1.807) is 0 Å². The highest BCUT2D eigenvalue weighted by atomic mass is 19.1. The average Bonchev–Trinajstić information content (AvgIpc) is 2.30. The molecule has 4 heteroatoms. The number of nitrogens with zero attached hydrogens (tertiary/aromatic N) is 3. The summed E-state index contributed by atoms with van der Waals surface area (Å²) in [5.74, 6) is 0.0706. The van der Waals surface area contributed by atoms with E-state index >= 15 is 0 Å². The van der Waals surface area contributed by atoms with Crippen molar-refractivity contribution in [3.05, 3.63) is 54.2 Å². The standard InChI is InChI=1S/C12H12FN3/c1-16(8-10-5-3-2-4-6-10)12-7-11(13)14-9-15-12/h2-7,9H,8H2,1H3. The summed E-state index contributed by atoms with van der Waals surface area (Å²) in [6.45, 7) is 0.692. The van der Waals surface area contributed by atoms with Crippen LogP contribution in [0.2, 0.25) is 0 Å². The van der Waals surface area contributed by atoms with Gasteiger partial charge in [-0.2, -0.15) is 4.39 Å². The van der Waals surface area contributed by atoms with Crippen molar-refractivity contribution in [1.82, 2.24) is 9.97 Å². The minimum atomic E-state index is -0.509. The van der Waals surface area contributed by atoms with Crippen molar-refractivity contribution < 1.29 is 4.39 Å². The lowest BCUT2D eigenvalue weighted by Gasteiger charge is -2.17. The molecule has 0 amide bonds. The zero-order chi connectivity index (χ0) is 11.4. The number of aromatic nitrogens is 2. The van der Waals surface area contributed by atoms with Crippen LogP contribution in [0.1, 0.15) is 5.56 Å². The number of hydrogen-bond acceptors (Lipinski definition) is 3. The van der Waals surface area contributed by atoms with Crippen molar-refractivity contribution in [2.24, 2.45) is 0 Å². The van der Waals surface area contributed by atoms with Crippen LogP contribution in [-0.4, -0.2) is 17.0 Å². The van der Waals surface area contributed by atoms with E-state index in [0.717, 1.165) is 5.56 Å². The lowest BCUT2D eigenvalue weighted by atomic mass is 10.2. The Morgan fingerprint density at radius 1 is 1.19 bits per heavy atom. The van der Waals surface area contributed by atoms with Gasteiger partial charge in [0.1, 0.15) is 12.1 Å². The molecule has 0 saturated carbocycles. The molecule has 0 saturated heterocycles. The largest absolute Gasteiger partial charge is 0.355 e. The average molecular weight is 217 g/mol. The topological polar surface area (TPSA) is 29.0 Å². The summed E-state index contributed by atoms with van der Waals surface area (Å²) < 4.78 is 12.9. The normalized spacial score (nSPS) is 10.1. The smallest absolute Gasteiger partial charge is 0.218 e. The molecule has 0 unspecified atom stereocenters. The van der Waals surface area contributed by atoms with Gasteiger partial charge in [-0.1, -0.05) is 30.3 Å². The molecule has 0 N–H and O–H groups in total. The van der Waals surface area contributed by atoms with Crippen molar-refractivity contribution in [3.8, 4) is 0 Å². The van der Waals surface area contributed by atoms with Gasteiger partial charge in [-0.05, 0) is 5.56 Å². The Hall–Kier alpha value is -1.97. The van der Waals surface area contributed by atoms with Gasteiger partial charge in [0.2, 0.25) is 5.95 Å². The second-order valence-corrected chi connectivity index (χ2v) is 3.54. The molecule has 0 atom stereocenters. The van der Waals surface area contributed by atoms with E-state index in [9.17, 15) is 4.39 Å². The Morgan fingerprint density at radius 2 is 1.94 bits per heavy atom. The Morgan fingerprint density at radius 3 is 2.62 bits per heavy atom. The van der Waals surface area contributed by atoms with Gasteiger partial charge in [0.15, 0.2) is 0 Å². The summed E-state index contributed by atoms with van der Waals surface area (Å²) in [4.78, 5) is 9.31. The number of halogens is 1. The quantitative estimate of drug-likeness (QED) is 0.738. The van der Waals surface area contributed by atoms with E-state index in [-0.39, 0.29) is 0 Å². The predicted octanol–water partition coefficient (Wildman–Crippen LogP) is 2.25. The Balaban J connectivity index is 2.12.